The molecule has 1 heterocycles. The number of hydroxylamine groups is 4. The largest absolute Gasteiger partial charge is 0.627 e. The summed E-state index contributed by atoms with van der Waals surface area (Å²) in [6, 6.07) is 13.8. The summed E-state index contributed by atoms with van der Waals surface area (Å²) in [4.78, 5) is 0. The van der Waals surface area contributed by atoms with Crippen LogP contribution in [-0.2, 0) is 0 Å². The van der Waals surface area contributed by atoms with Crippen molar-refractivity contribution >= 4 is 34.6 Å². The van der Waals surface area contributed by atoms with E-state index in [-0.39, 0.29) is 26.2 Å². The fourth-order valence-corrected chi connectivity index (χ4v) is 3.06. The van der Waals surface area contributed by atoms with Gasteiger partial charge in [-0.1, -0.05) is 23.2 Å². The van der Waals surface area contributed by atoms with E-state index in [2.05, 4.69) is 0 Å². The monoisotopic (exact) mass is 338 g/mol. The van der Waals surface area contributed by atoms with E-state index in [0.717, 1.165) is 0 Å². The molecule has 0 unspecified atom stereocenters. The molecule has 2 aromatic carbocycles. The summed E-state index contributed by atoms with van der Waals surface area (Å²) in [5.41, 5.74) is 1.29. The van der Waals surface area contributed by atoms with Crippen LogP contribution in [0.2, 0.25) is 10.0 Å². The van der Waals surface area contributed by atoms with Crippen molar-refractivity contribution in [3.8, 4) is 0 Å². The predicted molar refractivity (Wildman–Crippen MR) is 92.7 cm³/mol. The average Bonchev–Trinajstić information content (AvgIpc) is 2.52. The Morgan fingerprint density at radius 1 is 0.591 bits per heavy atom. The Bertz CT molecular complexity index is 591. The molecule has 0 atom stereocenters. The lowest BCUT2D eigenvalue weighted by Crippen LogP contribution is -2.64. The van der Waals surface area contributed by atoms with Gasteiger partial charge in [-0.3, -0.25) is 0 Å². The molecule has 0 amide bonds. The molecule has 1 aliphatic heterocycles. The second kappa shape index (κ2) is 5.81. The summed E-state index contributed by atoms with van der Waals surface area (Å²) in [5, 5.41) is 27.1. The average molecular weight is 339 g/mol. The lowest BCUT2D eigenvalue weighted by Gasteiger charge is -2.53. The van der Waals surface area contributed by atoms with Gasteiger partial charge in [0.05, 0.1) is 0 Å². The second-order valence-electron chi connectivity index (χ2n) is 5.63. The summed E-state index contributed by atoms with van der Waals surface area (Å²) in [6.07, 6.45) is 0. The lowest BCUT2D eigenvalue weighted by atomic mass is 10.2. The summed E-state index contributed by atoms with van der Waals surface area (Å²) >= 11 is 11.7. The van der Waals surface area contributed by atoms with Crippen LogP contribution < -0.4 is 9.29 Å². The van der Waals surface area contributed by atoms with Crippen LogP contribution in [0, 0.1) is 10.4 Å². The zero-order valence-corrected chi connectivity index (χ0v) is 13.4. The molecule has 0 aliphatic carbocycles. The molecule has 22 heavy (non-hydrogen) atoms. The van der Waals surface area contributed by atoms with Gasteiger partial charge in [-0.05, 0) is 24.3 Å². The van der Waals surface area contributed by atoms with Gasteiger partial charge < -0.3 is 19.7 Å². The fourth-order valence-electron chi connectivity index (χ4n) is 2.81. The molecule has 0 aromatic heterocycles. The Morgan fingerprint density at radius 3 is 1.14 bits per heavy atom. The third kappa shape index (κ3) is 2.99. The highest BCUT2D eigenvalue weighted by Gasteiger charge is 2.35. The normalized spacial score (nSPS) is 28.5. The first kappa shape index (κ1) is 15.7. The maximum Gasteiger partial charge on any atom is 0.134 e. The molecule has 6 heteroatoms. The van der Waals surface area contributed by atoms with Crippen molar-refractivity contribution in [3.63, 3.8) is 0 Å². The highest BCUT2D eigenvalue weighted by Crippen LogP contribution is 2.31. The predicted octanol–water partition coefficient (Wildman–Crippen LogP) is 4.32. The highest BCUT2D eigenvalue weighted by atomic mass is 35.5. The SMILES string of the molecule is [O-][N+]1(c2ccc(Cl)cc2)CC[N+]([O-])(c2ccc(Cl)cc2)CC1. The first-order valence-corrected chi connectivity index (χ1v) is 7.85. The van der Waals surface area contributed by atoms with Crippen LogP contribution in [0.25, 0.3) is 0 Å². The van der Waals surface area contributed by atoms with Gasteiger partial charge in [-0.15, -0.1) is 0 Å². The Morgan fingerprint density at radius 2 is 0.864 bits per heavy atom. The van der Waals surface area contributed by atoms with Crippen LogP contribution in [-0.4, -0.2) is 26.2 Å². The first-order chi connectivity index (χ1) is 10.4. The molecular formula is C16H16Cl2N2O2. The van der Waals surface area contributed by atoms with E-state index >= 15 is 0 Å². The van der Waals surface area contributed by atoms with Crippen LogP contribution in [0.3, 0.4) is 0 Å². The van der Waals surface area contributed by atoms with Crippen molar-refractivity contribution in [1.82, 2.24) is 9.29 Å². The van der Waals surface area contributed by atoms with Crippen LogP contribution in [0.5, 0.6) is 0 Å². The summed E-state index contributed by atoms with van der Waals surface area (Å²) in [7, 11) is 0. The smallest absolute Gasteiger partial charge is 0.134 e. The minimum Gasteiger partial charge on any atom is -0.627 e. The standard InChI is InChI=1S/C16H16Cl2N2O2/c17-13-1-5-15(6-2-13)19(21)9-11-20(22,12-10-19)16-7-3-14(18)4-8-16/h1-8H,9-12H2. The van der Waals surface area contributed by atoms with Gasteiger partial charge in [0.15, 0.2) is 0 Å². The Hall–Kier alpha value is -1.14. The first-order valence-electron chi connectivity index (χ1n) is 7.10. The van der Waals surface area contributed by atoms with Gasteiger partial charge in [-0.2, -0.15) is 0 Å². The number of quaternary nitrogens is 2. The molecule has 1 saturated heterocycles. The minimum atomic E-state index is -0.479. The molecule has 4 nitrogen and oxygen atoms in total. The van der Waals surface area contributed by atoms with Gasteiger partial charge in [0.1, 0.15) is 37.6 Å². The molecule has 0 spiro atoms. The molecule has 1 fully saturated rings. The molecule has 0 radical (unpaired) electrons. The highest BCUT2D eigenvalue weighted by molar-refractivity contribution is 6.30. The van der Waals surface area contributed by atoms with Crippen molar-refractivity contribution in [2.45, 2.75) is 0 Å². The van der Waals surface area contributed by atoms with Gasteiger partial charge in [-0.25, -0.2) is 0 Å². The number of rotatable bonds is 2. The van der Waals surface area contributed by atoms with Gasteiger partial charge in [0.2, 0.25) is 0 Å². The number of halogens is 2. The van der Waals surface area contributed by atoms with Crippen molar-refractivity contribution in [2.24, 2.45) is 0 Å². The fraction of sp³-hybridized carbons (Fsp3) is 0.250. The summed E-state index contributed by atoms with van der Waals surface area (Å²) in [5.74, 6) is 0. The van der Waals surface area contributed by atoms with Gasteiger partial charge in [0, 0.05) is 34.3 Å². The van der Waals surface area contributed by atoms with Crippen molar-refractivity contribution in [2.75, 3.05) is 26.2 Å². The maximum atomic E-state index is 12.9. The van der Waals surface area contributed by atoms with E-state index in [1.807, 2.05) is 0 Å². The number of hydrogen-bond acceptors (Lipinski definition) is 2. The van der Waals surface area contributed by atoms with Crippen LogP contribution >= 0.6 is 23.2 Å². The number of benzene rings is 2. The molecule has 0 bridgehead atoms. The second-order valence-corrected chi connectivity index (χ2v) is 6.50. The zero-order valence-electron chi connectivity index (χ0n) is 11.9. The van der Waals surface area contributed by atoms with Crippen LogP contribution in [0.4, 0.5) is 11.4 Å². The third-order valence-electron chi connectivity index (χ3n) is 4.24. The quantitative estimate of drug-likeness (QED) is 0.604. The van der Waals surface area contributed by atoms with Gasteiger partial charge in [0.25, 0.3) is 0 Å². The summed E-state index contributed by atoms with van der Waals surface area (Å²) in [6.45, 7) is 0.975. The lowest BCUT2D eigenvalue weighted by molar-refractivity contribution is 0.219. The molecule has 0 N–H and O–H groups in total. The zero-order chi connectivity index (χ0) is 15.8. The topological polar surface area (TPSA) is 46.1 Å². The number of piperazine rings is 1. The third-order valence-corrected chi connectivity index (χ3v) is 4.74. The van der Waals surface area contributed by atoms with Crippen LogP contribution in [0.15, 0.2) is 48.5 Å². The van der Waals surface area contributed by atoms with E-state index < -0.39 is 9.29 Å². The Balaban J connectivity index is 1.79. The van der Waals surface area contributed by atoms with E-state index in [1.165, 1.54) is 0 Å². The van der Waals surface area contributed by atoms with E-state index in [1.54, 1.807) is 48.5 Å². The van der Waals surface area contributed by atoms with Crippen molar-refractivity contribution in [3.05, 3.63) is 69.0 Å². The number of nitrogens with zero attached hydrogens (tertiary/aromatic N) is 2. The molecular weight excluding hydrogens is 323 g/mol. The molecule has 3 rings (SSSR count). The molecule has 0 saturated carbocycles. The van der Waals surface area contributed by atoms with Crippen molar-refractivity contribution < 1.29 is 0 Å². The number of hydrogen-bond donors (Lipinski definition) is 0. The minimum absolute atomic E-state index is 0.244. The summed E-state index contributed by atoms with van der Waals surface area (Å²) < 4.78 is -0.958. The molecule has 116 valence electrons. The van der Waals surface area contributed by atoms with E-state index in [0.29, 0.717) is 21.4 Å². The Labute approximate surface area is 139 Å². The molecule has 1 aliphatic rings. The van der Waals surface area contributed by atoms with Crippen molar-refractivity contribution in [1.29, 1.82) is 0 Å². The maximum absolute atomic E-state index is 12.9. The van der Waals surface area contributed by atoms with E-state index in [9.17, 15) is 10.4 Å². The molecule has 2 aromatic rings. The van der Waals surface area contributed by atoms with E-state index in [4.69, 9.17) is 23.2 Å². The van der Waals surface area contributed by atoms with Gasteiger partial charge >= 0.3 is 0 Å². The van der Waals surface area contributed by atoms with Crippen LogP contribution in [0.1, 0.15) is 0 Å². The Kier molecular flexibility index (Phi) is 4.16.